The summed E-state index contributed by atoms with van der Waals surface area (Å²) in [5, 5.41) is 6.72. The van der Waals surface area contributed by atoms with Crippen molar-refractivity contribution in [3.63, 3.8) is 0 Å². The molecule has 1 saturated heterocycles. The number of nitrogens with one attached hydrogen (secondary N) is 2. The summed E-state index contributed by atoms with van der Waals surface area (Å²) in [6.07, 6.45) is 0. The molecule has 4 rings (SSSR count). The number of hydrogen-bond donors (Lipinski definition) is 2. The number of thioether (sulfide) groups is 1. The number of fused-ring (bicyclic) bond motifs is 1. The molecule has 2 aromatic carbocycles. The minimum Gasteiger partial charge on any atom is -0.454 e. The van der Waals surface area contributed by atoms with Gasteiger partial charge in [0, 0.05) is 50.4 Å². The first-order chi connectivity index (χ1) is 13.8. The van der Waals surface area contributed by atoms with E-state index in [-0.39, 0.29) is 0 Å². The molecule has 2 heterocycles. The number of rotatable bonds is 5. The lowest BCUT2D eigenvalue weighted by Gasteiger charge is -2.28. The predicted molar refractivity (Wildman–Crippen MR) is 116 cm³/mol. The molecular formula is C21H26N4O2S. The monoisotopic (exact) mass is 398 g/mol. The molecule has 0 atom stereocenters. The van der Waals surface area contributed by atoms with Gasteiger partial charge in [-0.15, -0.1) is 0 Å². The maximum absolute atomic E-state index is 5.43. The molecule has 0 bridgehead atoms. The largest absolute Gasteiger partial charge is 0.454 e. The van der Waals surface area contributed by atoms with E-state index in [4.69, 9.17) is 9.47 Å². The van der Waals surface area contributed by atoms with E-state index in [1.807, 2.05) is 30.0 Å². The Labute approximate surface area is 170 Å². The average molecular weight is 399 g/mol. The summed E-state index contributed by atoms with van der Waals surface area (Å²) in [4.78, 5) is 6.77. The minimum atomic E-state index is 0.297. The number of aliphatic imine (C=N–C) groups is 1. The van der Waals surface area contributed by atoms with Crippen molar-refractivity contribution in [3.8, 4) is 11.5 Å². The van der Waals surface area contributed by atoms with Crippen LogP contribution >= 0.6 is 11.8 Å². The van der Waals surface area contributed by atoms with Gasteiger partial charge in [-0.05, 0) is 35.4 Å². The number of guanidine groups is 1. The van der Waals surface area contributed by atoms with Crippen molar-refractivity contribution in [2.75, 3.05) is 43.3 Å². The first-order valence-electron chi connectivity index (χ1n) is 9.56. The third-order valence-corrected chi connectivity index (χ3v) is 5.84. The SMILES string of the molecule is CN=C(NCc1ccc(N2CCSCC2)cc1)NCc1ccc2c(c1)OCO2. The summed E-state index contributed by atoms with van der Waals surface area (Å²) in [7, 11) is 1.78. The summed E-state index contributed by atoms with van der Waals surface area (Å²) in [5.74, 6) is 4.81. The molecule has 148 valence electrons. The molecule has 28 heavy (non-hydrogen) atoms. The molecule has 1 fully saturated rings. The van der Waals surface area contributed by atoms with E-state index in [0.717, 1.165) is 42.7 Å². The van der Waals surface area contributed by atoms with Gasteiger partial charge >= 0.3 is 0 Å². The molecule has 0 amide bonds. The summed E-state index contributed by atoms with van der Waals surface area (Å²) in [6, 6.07) is 14.8. The van der Waals surface area contributed by atoms with Crippen molar-refractivity contribution < 1.29 is 9.47 Å². The van der Waals surface area contributed by atoms with E-state index in [1.165, 1.54) is 22.8 Å². The van der Waals surface area contributed by atoms with Crippen molar-refractivity contribution in [1.29, 1.82) is 0 Å². The number of ether oxygens (including phenoxy) is 2. The molecule has 2 aromatic rings. The van der Waals surface area contributed by atoms with Crippen molar-refractivity contribution >= 4 is 23.4 Å². The second-order valence-electron chi connectivity index (χ2n) is 6.73. The van der Waals surface area contributed by atoms with E-state index in [9.17, 15) is 0 Å². The predicted octanol–water partition coefficient (Wildman–Crippen LogP) is 2.83. The van der Waals surface area contributed by atoms with Gasteiger partial charge < -0.3 is 25.0 Å². The van der Waals surface area contributed by atoms with E-state index in [1.54, 1.807) is 7.05 Å². The van der Waals surface area contributed by atoms with E-state index >= 15 is 0 Å². The van der Waals surface area contributed by atoms with Crippen LogP contribution in [0.4, 0.5) is 5.69 Å². The van der Waals surface area contributed by atoms with Gasteiger partial charge in [0.05, 0.1) is 0 Å². The van der Waals surface area contributed by atoms with Crippen LogP contribution < -0.4 is 25.0 Å². The molecule has 2 aliphatic rings. The van der Waals surface area contributed by atoms with E-state index in [0.29, 0.717) is 13.3 Å². The van der Waals surface area contributed by atoms with Crippen LogP contribution in [-0.4, -0.2) is 44.4 Å². The van der Waals surface area contributed by atoms with Gasteiger partial charge in [-0.1, -0.05) is 18.2 Å². The number of nitrogens with zero attached hydrogens (tertiary/aromatic N) is 2. The van der Waals surface area contributed by atoms with Crippen LogP contribution in [0, 0.1) is 0 Å². The smallest absolute Gasteiger partial charge is 0.231 e. The Bertz CT molecular complexity index is 820. The van der Waals surface area contributed by atoms with Crippen LogP contribution in [0.3, 0.4) is 0 Å². The Morgan fingerprint density at radius 1 is 0.964 bits per heavy atom. The van der Waals surface area contributed by atoms with Crippen LogP contribution in [0.1, 0.15) is 11.1 Å². The van der Waals surface area contributed by atoms with Gasteiger partial charge in [0.1, 0.15) is 0 Å². The maximum atomic E-state index is 5.43. The lowest BCUT2D eigenvalue weighted by Crippen LogP contribution is -2.36. The quantitative estimate of drug-likeness (QED) is 0.597. The van der Waals surface area contributed by atoms with Gasteiger partial charge in [-0.3, -0.25) is 4.99 Å². The van der Waals surface area contributed by atoms with Crippen LogP contribution in [-0.2, 0) is 13.1 Å². The average Bonchev–Trinajstić information content (AvgIpc) is 3.23. The van der Waals surface area contributed by atoms with Gasteiger partial charge in [-0.2, -0.15) is 11.8 Å². The maximum Gasteiger partial charge on any atom is 0.231 e. The molecule has 2 N–H and O–H groups in total. The summed E-state index contributed by atoms with van der Waals surface area (Å²) >= 11 is 2.03. The fourth-order valence-electron chi connectivity index (χ4n) is 3.29. The first kappa shape index (κ1) is 18.8. The zero-order valence-corrected chi connectivity index (χ0v) is 16.9. The molecule has 0 radical (unpaired) electrons. The van der Waals surface area contributed by atoms with Gasteiger partial charge in [-0.25, -0.2) is 0 Å². The molecule has 0 saturated carbocycles. The Morgan fingerprint density at radius 2 is 1.64 bits per heavy atom. The fourth-order valence-corrected chi connectivity index (χ4v) is 4.19. The zero-order chi connectivity index (χ0) is 19.2. The highest BCUT2D eigenvalue weighted by Gasteiger charge is 2.13. The highest BCUT2D eigenvalue weighted by Crippen LogP contribution is 2.32. The number of benzene rings is 2. The number of anilines is 1. The molecule has 6 nitrogen and oxygen atoms in total. The molecule has 7 heteroatoms. The third kappa shape index (κ3) is 4.65. The van der Waals surface area contributed by atoms with Crippen LogP contribution in [0.2, 0.25) is 0 Å². The van der Waals surface area contributed by atoms with E-state index < -0.39 is 0 Å². The summed E-state index contributed by atoms with van der Waals surface area (Å²) in [6.45, 7) is 3.97. The van der Waals surface area contributed by atoms with Gasteiger partial charge in [0.2, 0.25) is 6.79 Å². The first-order valence-corrected chi connectivity index (χ1v) is 10.7. The van der Waals surface area contributed by atoms with Crippen LogP contribution in [0.25, 0.3) is 0 Å². The van der Waals surface area contributed by atoms with E-state index in [2.05, 4.69) is 44.8 Å². The minimum absolute atomic E-state index is 0.297. The number of hydrogen-bond acceptors (Lipinski definition) is 5. The lowest BCUT2D eigenvalue weighted by molar-refractivity contribution is 0.174. The molecule has 0 aromatic heterocycles. The molecule has 0 aliphatic carbocycles. The Hall–Kier alpha value is -2.54. The topological polar surface area (TPSA) is 58.1 Å². The lowest BCUT2D eigenvalue weighted by atomic mass is 10.2. The summed E-state index contributed by atoms with van der Waals surface area (Å²) in [5.41, 5.74) is 3.67. The second-order valence-corrected chi connectivity index (χ2v) is 7.96. The van der Waals surface area contributed by atoms with Crippen molar-refractivity contribution in [2.24, 2.45) is 4.99 Å². The van der Waals surface area contributed by atoms with Crippen molar-refractivity contribution in [1.82, 2.24) is 10.6 Å². The Morgan fingerprint density at radius 3 is 2.39 bits per heavy atom. The standard InChI is InChI=1S/C21H26N4O2S/c1-22-21(24-14-17-4-7-19-20(12-17)27-15-26-19)23-13-16-2-5-18(6-3-16)25-8-10-28-11-9-25/h2-7,12H,8-11,13-15H2,1H3,(H2,22,23,24). The molecular weight excluding hydrogens is 372 g/mol. The normalized spacial score (nSPS) is 16.2. The second kappa shape index (κ2) is 9.10. The Kier molecular flexibility index (Phi) is 6.11. The molecule has 0 unspecified atom stereocenters. The van der Waals surface area contributed by atoms with Crippen LogP contribution in [0.5, 0.6) is 11.5 Å². The zero-order valence-electron chi connectivity index (χ0n) is 16.1. The Balaban J connectivity index is 1.27. The summed E-state index contributed by atoms with van der Waals surface area (Å²) < 4.78 is 10.8. The fraction of sp³-hybridized carbons (Fsp3) is 0.381. The molecule has 0 spiro atoms. The third-order valence-electron chi connectivity index (χ3n) is 4.89. The van der Waals surface area contributed by atoms with Crippen LogP contribution in [0.15, 0.2) is 47.5 Å². The van der Waals surface area contributed by atoms with Crippen molar-refractivity contribution in [2.45, 2.75) is 13.1 Å². The van der Waals surface area contributed by atoms with Crippen molar-refractivity contribution in [3.05, 3.63) is 53.6 Å². The highest BCUT2D eigenvalue weighted by atomic mass is 32.2. The highest BCUT2D eigenvalue weighted by molar-refractivity contribution is 7.99. The van der Waals surface area contributed by atoms with Gasteiger partial charge in [0.25, 0.3) is 0 Å². The molecule has 2 aliphatic heterocycles. The van der Waals surface area contributed by atoms with Gasteiger partial charge in [0.15, 0.2) is 17.5 Å².